The van der Waals surface area contributed by atoms with Gasteiger partial charge in [-0.1, -0.05) is 30.3 Å². The van der Waals surface area contributed by atoms with Crippen molar-refractivity contribution >= 4 is 18.3 Å². The SMILES string of the molecule is Cl.N[C@@H](Cc1ccccc1)C(=O)NCCO[N+](=O)[O-]. The average Bonchev–Trinajstić information content (AvgIpc) is 2.35. The first-order chi connectivity index (χ1) is 8.59. The number of amides is 1. The lowest BCUT2D eigenvalue weighted by Gasteiger charge is -2.11. The predicted molar refractivity (Wildman–Crippen MR) is 71.3 cm³/mol. The molecule has 19 heavy (non-hydrogen) atoms. The van der Waals surface area contributed by atoms with E-state index in [0.717, 1.165) is 5.56 Å². The molecule has 106 valence electrons. The maximum absolute atomic E-state index is 11.5. The Morgan fingerprint density at radius 3 is 2.63 bits per heavy atom. The van der Waals surface area contributed by atoms with Crippen molar-refractivity contribution < 1.29 is 14.7 Å². The van der Waals surface area contributed by atoms with E-state index in [1.54, 1.807) is 0 Å². The van der Waals surface area contributed by atoms with Crippen LogP contribution < -0.4 is 11.1 Å². The molecule has 8 heteroatoms. The van der Waals surface area contributed by atoms with Crippen molar-refractivity contribution in [2.75, 3.05) is 13.2 Å². The van der Waals surface area contributed by atoms with Crippen LogP contribution in [0.2, 0.25) is 0 Å². The number of carbonyl (C=O) groups excluding carboxylic acids is 1. The molecule has 1 aromatic rings. The highest BCUT2D eigenvalue weighted by molar-refractivity contribution is 5.85. The zero-order valence-corrected chi connectivity index (χ0v) is 11.0. The topological polar surface area (TPSA) is 107 Å². The molecule has 1 rings (SSSR count). The van der Waals surface area contributed by atoms with Gasteiger partial charge in [0, 0.05) is 6.54 Å². The third-order valence-corrected chi connectivity index (χ3v) is 2.23. The van der Waals surface area contributed by atoms with Crippen molar-refractivity contribution in [3.63, 3.8) is 0 Å². The van der Waals surface area contributed by atoms with Crippen molar-refractivity contribution in [3.05, 3.63) is 46.0 Å². The Bertz CT molecular complexity index is 402. The molecule has 0 heterocycles. The summed E-state index contributed by atoms with van der Waals surface area (Å²) in [4.78, 5) is 25.5. The first-order valence-corrected chi connectivity index (χ1v) is 5.44. The summed E-state index contributed by atoms with van der Waals surface area (Å²) in [5, 5.41) is 11.4. The van der Waals surface area contributed by atoms with Crippen molar-refractivity contribution in [3.8, 4) is 0 Å². The summed E-state index contributed by atoms with van der Waals surface area (Å²) in [6.07, 6.45) is 0.419. The van der Waals surface area contributed by atoms with E-state index in [2.05, 4.69) is 10.2 Å². The molecule has 0 aliphatic carbocycles. The molecule has 0 saturated carbocycles. The number of nitrogens with two attached hydrogens (primary N) is 1. The maximum atomic E-state index is 11.5. The zero-order valence-electron chi connectivity index (χ0n) is 10.2. The molecule has 1 aromatic carbocycles. The Labute approximate surface area is 116 Å². The quantitative estimate of drug-likeness (QED) is 0.426. The number of nitrogens with one attached hydrogen (secondary N) is 1. The molecule has 0 unspecified atom stereocenters. The summed E-state index contributed by atoms with van der Waals surface area (Å²) in [5.74, 6) is -0.356. The lowest BCUT2D eigenvalue weighted by atomic mass is 10.1. The van der Waals surface area contributed by atoms with Crippen LogP contribution in [0.4, 0.5) is 0 Å². The summed E-state index contributed by atoms with van der Waals surface area (Å²) in [6.45, 7) is -0.126. The van der Waals surface area contributed by atoms with Gasteiger partial charge in [0.1, 0.15) is 6.61 Å². The summed E-state index contributed by atoms with van der Waals surface area (Å²) in [6, 6.07) is 8.69. The van der Waals surface area contributed by atoms with Gasteiger partial charge in [-0.3, -0.25) is 4.79 Å². The number of nitrogens with zero attached hydrogens (tertiary/aromatic N) is 1. The molecule has 0 aliphatic heterocycles. The Hall–Kier alpha value is -1.86. The second-order valence-electron chi connectivity index (χ2n) is 3.64. The zero-order chi connectivity index (χ0) is 13.4. The minimum absolute atomic E-state index is 0. The predicted octanol–water partition coefficient (Wildman–Crippen LogP) is 0.303. The smallest absolute Gasteiger partial charge is 0.294 e. The molecule has 3 N–H and O–H groups in total. The standard InChI is InChI=1S/C11H15N3O4.ClH/c12-10(8-9-4-2-1-3-5-9)11(15)13-6-7-18-14(16)17;/h1-5,10H,6-8,12H2,(H,13,15);1H/t10-;/m0./s1. The van der Waals surface area contributed by atoms with Gasteiger partial charge in [-0.2, -0.15) is 0 Å². The van der Waals surface area contributed by atoms with Gasteiger partial charge in [0.2, 0.25) is 5.91 Å². The van der Waals surface area contributed by atoms with E-state index >= 15 is 0 Å². The van der Waals surface area contributed by atoms with Gasteiger partial charge in [0.15, 0.2) is 0 Å². The maximum Gasteiger partial charge on any atom is 0.294 e. The second-order valence-corrected chi connectivity index (χ2v) is 3.64. The van der Waals surface area contributed by atoms with Crippen molar-refractivity contribution in [2.24, 2.45) is 5.73 Å². The summed E-state index contributed by atoms with van der Waals surface area (Å²) < 4.78 is 0. The number of carbonyl (C=O) groups is 1. The highest BCUT2D eigenvalue weighted by Crippen LogP contribution is 2.01. The molecular weight excluding hydrogens is 274 g/mol. The van der Waals surface area contributed by atoms with Gasteiger partial charge in [0.25, 0.3) is 5.09 Å². The first-order valence-electron chi connectivity index (χ1n) is 5.44. The summed E-state index contributed by atoms with van der Waals surface area (Å²) in [5.41, 5.74) is 6.66. The van der Waals surface area contributed by atoms with Gasteiger partial charge in [-0.15, -0.1) is 22.5 Å². The van der Waals surface area contributed by atoms with Crippen molar-refractivity contribution in [2.45, 2.75) is 12.5 Å². The largest absolute Gasteiger partial charge is 0.353 e. The van der Waals surface area contributed by atoms with Crippen LogP contribution in [0.15, 0.2) is 30.3 Å². The van der Waals surface area contributed by atoms with Crippen molar-refractivity contribution in [1.29, 1.82) is 0 Å². The van der Waals surface area contributed by atoms with Gasteiger partial charge in [0.05, 0.1) is 6.04 Å². The fraction of sp³-hybridized carbons (Fsp3) is 0.364. The Kier molecular flexibility index (Phi) is 8.23. The molecule has 0 radical (unpaired) electrons. The Morgan fingerprint density at radius 2 is 2.05 bits per heavy atom. The van der Waals surface area contributed by atoms with Crippen LogP contribution in [-0.4, -0.2) is 30.2 Å². The Morgan fingerprint density at radius 1 is 1.42 bits per heavy atom. The lowest BCUT2D eigenvalue weighted by molar-refractivity contribution is -0.757. The third kappa shape index (κ3) is 7.22. The number of benzene rings is 1. The van der Waals surface area contributed by atoms with Gasteiger partial charge >= 0.3 is 0 Å². The molecular formula is C11H16ClN3O4. The van der Waals surface area contributed by atoms with Crippen LogP contribution in [0.5, 0.6) is 0 Å². The van der Waals surface area contributed by atoms with Gasteiger partial charge in [-0.05, 0) is 12.0 Å². The number of hydrogen-bond acceptors (Lipinski definition) is 5. The third-order valence-electron chi connectivity index (χ3n) is 2.23. The minimum atomic E-state index is -0.907. The molecule has 0 aromatic heterocycles. The summed E-state index contributed by atoms with van der Waals surface area (Å²) >= 11 is 0. The summed E-state index contributed by atoms with van der Waals surface area (Å²) in [7, 11) is 0. The van der Waals surface area contributed by atoms with Crippen LogP contribution in [0.3, 0.4) is 0 Å². The molecule has 0 bridgehead atoms. The monoisotopic (exact) mass is 289 g/mol. The Balaban J connectivity index is 0.00000324. The highest BCUT2D eigenvalue weighted by Gasteiger charge is 2.13. The fourth-order valence-electron chi connectivity index (χ4n) is 1.39. The van der Waals surface area contributed by atoms with E-state index in [0.29, 0.717) is 6.42 Å². The molecule has 0 spiro atoms. The van der Waals surface area contributed by atoms with E-state index in [1.807, 2.05) is 30.3 Å². The number of halogens is 1. The molecule has 0 fully saturated rings. The number of hydrogen-bond donors (Lipinski definition) is 2. The van der Waals surface area contributed by atoms with E-state index in [1.165, 1.54) is 0 Å². The molecule has 1 amide bonds. The van der Waals surface area contributed by atoms with Gasteiger partial charge < -0.3 is 15.9 Å². The van der Waals surface area contributed by atoms with Crippen LogP contribution >= 0.6 is 12.4 Å². The molecule has 0 aliphatic rings. The molecule has 1 atom stereocenters. The van der Waals surface area contributed by atoms with Crippen LogP contribution in [-0.2, 0) is 16.1 Å². The van der Waals surface area contributed by atoms with E-state index in [4.69, 9.17) is 5.73 Å². The average molecular weight is 290 g/mol. The van der Waals surface area contributed by atoms with Crippen LogP contribution in [0, 0.1) is 10.1 Å². The number of rotatable bonds is 7. The minimum Gasteiger partial charge on any atom is -0.353 e. The highest BCUT2D eigenvalue weighted by atomic mass is 35.5. The van der Waals surface area contributed by atoms with Gasteiger partial charge in [-0.25, -0.2) is 0 Å². The van der Waals surface area contributed by atoms with E-state index in [9.17, 15) is 14.9 Å². The van der Waals surface area contributed by atoms with Crippen molar-refractivity contribution in [1.82, 2.24) is 5.32 Å². The van der Waals surface area contributed by atoms with E-state index in [-0.39, 0.29) is 31.5 Å². The first kappa shape index (κ1) is 17.1. The second kappa shape index (κ2) is 9.12. The fourth-order valence-corrected chi connectivity index (χ4v) is 1.39. The lowest BCUT2D eigenvalue weighted by Crippen LogP contribution is -2.43. The van der Waals surface area contributed by atoms with Crippen LogP contribution in [0.25, 0.3) is 0 Å². The molecule has 0 saturated heterocycles. The van der Waals surface area contributed by atoms with E-state index < -0.39 is 11.1 Å². The normalized spacial score (nSPS) is 11.0. The van der Waals surface area contributed by atoms with Crippen LogP contribution in [0.1, 0.15) is 5.56 Å². The molecule has 7 nitrogen and oxygen atoms in total.